The molecule has 0 aliphatic rings. The SMILES string of the molecule is Cc1cc2cc(NC(=O)OC(C)(C)C)ccc2c(OCc2ccccc2)c1C(=O)Oc1ccccc1. The summed E-state index contributed by atoms with van der Waals surface area (Å²) in [5.74, 6) is 0.381. The second-order valence-electron chi connectivity index (χ2n) is 9.44. The van der Waals surface area contributed by atoms with Crippen molar-refractivity contribution >= 4 is 28.5 Å². The summed E-state index contributed by atoms with van der Waals surface area (Å²) in [5, 5.41) is 4.30. The predicted octanol–water partition coefficient (Wildman–Crippen LogP) is 7.29. The summed E-state index contributed by atoms with van der Waals surface area (Å²) in [4.78, 5) is 25.5. The van der Waals surface area contributed by atoms with Crippen LogP contribution < -0.4 is 14.8 Å². The Hall–Kier alpha value is -4.32. The van der Waals surface area contributed by atoms with Gasteiger partial charge in [-0.25, -0.2) is 9.59 Å². The van der Waals surface area contributed by atoms with Crippen LogP contribution >= 0.6 is 0 Å². The average molecular weight is 484 g/mol. The highest BCUT2D eigenvalue weighted by Crippen LogP contribution is 2.36. The number of hydrogen-bond donors (Lipinski definition) is 1. The first-order valence-electron chi connectivity index (χ1n) is 11.7. The van der Waals surface area contributed by atoms with Gasteiger partial charge in [0.05, 0.1) is 0 Å². The van der Waals surface area contributed by atoms with E-state index in [0.717, 1.165) is 16.3 Å². The van der Waals surface area contributed by atoms with E-state index in [9.17, 15) is 9.59 Å². The van der Waals surface area contributed by atoms with Gasteiger partial charge in [-0.1, -0.05) is 54.6 Å². The zero-order valence-electron chi connectivity index (χ0n) is 20.8. The molecule has 184 valence electrons. The molecular formula is C30H29NO5. The molecule has 4 aromatic carbocycles. The molecule has 1 N–H and O–H groups in total. The van der Waals surface area contributed by atoms with Gasteiger partial charge in [0.2, 0.25) is 0 Å². The molecule has 0 heterocycles. The minimum absolute atomic E-state index is 0.281. The summed E-state index contributed by atoms with van der Waals surface area (Å²) >= 11 is 0. The molecule has 0 atom stereocenters. The van der Waals surface area contributed by atoms with E-state index in [2.05, 4.69) is 5.32 Å². The fourth-order valence-electron chi connectivity index (χ4n) is 3.79. The largest absolute Gasteiger partial charge is 0.487 e. The Morgan fingerprint density at radius 1 is 0.861 bits per heavy atom. The number of amides is 1. The van der Waals surface area contributed by atoms with Crippen LogP contribution in [0, 0.1) is 6.92 Å². The fraction of sp³-hybridized carbons (Fsp3) is 0.200. The molecule has 36 heavy (non-hydrogen) atoms. The number of rotatable bonds is 6. The number of hydrogen-bond acceptors (Lipinski definition) is 5. The van der Waals surface area contributed by atoms with Crippen LogP contribution in [0.4, 0.5) is 10.5 Å². The van der Waals surface area contributed by atoms with Crippen molar-refractivity contribution in [2.24, 2.45) is 0 Å². The third kappa shape index (κ3) is 6.21. The number of aryl methyl sites for hydroxylation is 1. The van der Waals surface area contributed by atoms with E-state index in [1.165, 1.54) is 0 Å². The first-order valence-corrected chi connectivity index (χ1v) is 11.7. The molecule has 0 bridgehead atoms. The van der Waals surface area contributed by atoms with Crippen LogP contribution in [0.15, 0.2) is 84.9 Å². The van der Waals surface area contributed by atoms with Gasteiger partial charge in [0, 0.05) is 11.1 Å². The predicted molar refractivity (Wildman–Crippen MR) is 141 cm³/mol. The van der Waals surface area contributed by atoms with Crippen LogP contribution in [-0.4, -0.2) is 17.7 Å². The van der Waals surface area contributed by atoms with E-state index >= 15 is 0 Å². The summed E-state index contributed by atoms with van der Waals surface area (Å²) in [7, 11) is 0. The van der Waals surface area contributed by atoms with Crippen molar-refractivity contribution in [2.45, 2.75) is 39.9 Å². The lowest BCUT2D eigenvalue weighted by Gasteiger charge is -2.20. The highest BCUT2D eigenvalue weighted by atomic mass is 16.6. The van der Waals surface area contributed by atoms with E-state index in [-0.39, 0.29) is 6.61 Å². The molecule has 0 spiro atoms. The standard InChI is InChI=1S/C30H29NO5/c1-20-17-22-18-23(31-29(33)36-30(2,3)4)15-16-25(22)27(34-19-21-11-7-5-8-12-21)26(20)28(32)35-24-13-9-6-10-14-24/h5-18H,19H2,1-4H3,(H,31,33). The molecule has 4 rings (SSSR count). The number of nitrogens with one attached hydrogen (secondary N) is 1. The number of fused-ring (bicyclic) bond motifs is 1. The summed E-state index contributed by atoms with van der Waals surface area (Å²) in [6.45, 7) is 7.54. The second-order valence-corrected chi connectivity index (χ2v) is 9.44. The molecule has 4 aromatic rings. The summed E-state index contributed by atoms with van der Waals surface area (Å²) in [6, 6.07) is 25.9. The normalized spacial score (nSPS) is 11.1. The van der Waals surface area contributed by atoms with Gasteiger partial charge in [0.1, 0.15) is 29.3 Å². The van der Waals surface area contributed by atoms with Crippen molar-refractivity contribution in [1.82, 2.24) is 0 Å². The van der Waals surface area contributed by atoms with Crippen LogP contribution in [0.3, 0.4) is 0 Å². The lowest BCUT2D eigenvalue weighted by molar-refractivity contribution is 0.0635. The third-order valence-corrected chi connectivity index (χ3v) is 5.32. The smallest absolute Gasteiger partial charge is 0.412 e. The van der Waals surface area contributed by atoms with Crippen molar-refractivity contribution in [3.8, 4) is 11.5 Å². The third-order valence-electron chi connectivity index (χ3n) is 5.32. The Labute approximate surface area is 210 Å². The van der Waals surface area contributed by atoms with E-state index in [0.29, 0.717) is 28.3 Å². The minimum Gasteiger partial charge on any atom is -0.487 e. The molecular weight excluding hydrogens is 454 g/mol. The van der Waals surface area contributed by atoms with Gasteiger partial charge in [-0.3, -0.25) is 5.32 Å². The second kappa shape index (κ2) is 10.5. The summed E-state index contributed by atoms with van der Waals surface area (Å²) in [6.07, 6.45) is -0.540. The van der Waals surface area contributed by atoms with Gasteiger partial charge >= 0.3 is 12.1 Å². The Kier molecular flexibility index (Phi) is 7.25. The van der Waals surface area contributed by atoms with Crippen molar-refractivity contribution < 1.29 is 23.8 Å². The molecule has 0 unspecified atom stereocenters. The van der Waals surface area contributed by atoms with Crippen molar-refractivity contribution in [2.75, 3.05) is 5.32 Å². The zero-order valence-corrected chi connectivity index (χ0v) is 20.8. The van der Waals surface area contributed by atoms with Gasteiger partial charge in [-0.2, -0.15) is 0 Å². The molecule has 0 aliphatic heterocycles. The quantitative estimate of drug-likeness (QED) is 0.230. The van der Waals surface area contributed by atoms with Crippen LogP contribution in [-0.2, 0) is 11.3 Å². The Morgan fingerprint density at radius 3 is 2.19 bits per heavy atom. The van der Waals surface area contributed by atoms with E-state index < -0.39 is 17.7 Å². The molecule has 6 nitrogen and oxygen atoms in total. The highest BCUT2D eigenvalue weighted by Gasteiger charge is 2.22. The number of carbonyl (C=O) groups excluding carboxylic acids is 2. The number of benzene rings is 4. The van der Waals surface area contributed by atoms with Crippen molar-refractivity contribution in [3.05, 3.63) is 102 Å². The Balaban J connectivity index is 1.72. The zero-order chi connectivity index (χ0) is 25.7. The number of anilines is 1. The molecule has 0 saturated heterocycles. The van der Waals surface area contributed by atoms with Crippen molar-refractivity contribution in [3.63, 3.8) is 0 Å². The maximum Gasteiger partial charge on any atom is 0.412 e. The minimum atomic E-state index is -0.607. The maximum absolute atomic E-state index is 13.3. The lowest BCUT2D eigenvalue weighted by Crippen LogP contribution is -2.27. The maximum atomic E-state index is 13.3. The first kappa shape index (κ1) is 24.8. The lowest BCUT2D eigenvalue weighted by atomic mass is 9.99. The van der Waals surface area contributed by atoms with E-state index in [1.807, 2.05) is 94.4 Å². The Morgan fingerprint density at radius 2 is 1.53 bits per heavy atom. The summed E-state index contributed by atoms with van der Waals surface area (Å²) in [5.41, 5.74) is 1.99. The number of ether oxygens (including phenoxy) is 3. The average Bonchev–Trinajstić information content (AvgIpc) is 2.82. The number of esters is 1. The molecule has 0 fully saturated rings. The van der Waals surface area contributed by atoms with Crippen LogP contribution in [0.25, 0.3) is 10.8 Å². The Bertz CT molecular complexity index is 1380. The fourth-order valence-corrected chi connectivity index (χ4v) is 3.79. The molecule has 0 saturated carbocycles. The highest BCUT2D eigenvalue weighted by molar-refractivity contribution is 6.04. The van der Waals surface area contributed by atoms with Crippen LogP contribution in [0.2, 0.25) is 0 Å². The van der Waals surface area contributed by atoms with Crippen molar-refractivity contribution in [1.29, 1.82) is 0 Å². The monoisotopic (exact) mass is 483 g/mol. The van der Waals surface area contributed by atoms with E-state index in [4.69, 9.17) is 14.2 Å². The van der Waals surface area contributed by atoms with Gasteiger partial charge in [-0.05, 0) is 74.5 Å². The molecule has 1 amide bonds. The van der Waals surface area contributed by atoms with Gasteiger partial charge < -0.3 is 14.2 Å². The molecule has 0 aliphatic carbocycles. The van der Waals surface area contributed by atoms with E-state index in [1.54, 1.807) is 18.2 Å². The van der Waals surface area contributed by atoms with Gasteiger partial charge in [0.15, 0.2) is 0 Å². The molecule has 0 radical (unpaired) electrons. The first-order chi connectivity index (χ1) is 17.2. The molecule has 6 heteroatoms. The van der Waals surface area contributed by atoms with Crippen LogP contribution in [0.1, 0.15) is 42.3 Å². The van der Waals surface area contributed by atoms with Gasteiger partial charge in [0.25, 0.3) is 0 Å². The van der Waals surface area contributed by atoms with Crippen LogP contribution in [0.5, 0.6) is 11.5 Å². The number of para-hydroxylation sites is 1. The topological polar surface area (TPSA) is 73.9 Å². The summed E-state index contributed by atoms with van der Waals surface area (Å²) < 4.78 is 17.3. The van der Waals surface area contributed by atoms with Gasteiger partial charge in [-0.15, -0.1) is 0 Å². The number of carbonyl (C=O) groups is 2. The molecule has 0 aromatic heterocycles.